The minimum atomic E-state index is -0.515. The normalized spacial score (nSPS) is 11.0. The molecule has 136 valence electrons. The van der Waals surface area contributed by atoms with Crippen LogP contribution in [-0.2, 0) is 11.8 Å². The van der Waals surface area contributed by atoms with Gasteiger partial charge < -0.3 is 14.0 Å². The van der Waals surface area contributed by atoms with Gasteiger partial charge in [0.1, 0.15) is 10.4 Å². The molecule has 0 fully saturated rings. The maximum Gasteiger partial charge on any atom is 0.332 e. The van der Waals surface area contributed by atoms with E-state index in [0.29, 0.717) is 21.5 Å². The minimum Gasteiger partial charge on any atom is -0.464 e. The highest BCUT2D eigenvalue weighted by atomic mass is 79.9. The maximum absolute atomic E-state index is 14.7. The van der Waals surface area contributed by atoms with Crippen molar-refractivity contribution in [1.29, 1.82) is 0 Å². The number of hydrogen-bond acceptors (Lipinski definition) is 4. The predicted molar refractivity (Wildman–Crippen MR) is 99.1 cm³/mol. The first-order valence-electron chi connectivity index (χ1n) is 7.75. The number of nitrogens with zero attached hydrogens (tertiary/aromatic N) is 3. The molecule has 0 saturated heterocycles. The molecule has 0 aliphatic rings. The summed E-state index contributed by atoms with van der Waals surface area (Å²) in [7, 11) is 3.13. The Kier molecular flexibility index (Phi) is 5.24. The van der Waals surface area contributed by atoms with Crippen LogP contribution in [0, 0.1) is 12.7 Å². The number of methoxy groups -OCH3 is 1. The molecular formula is C18H17BrFN3O3. The third-order valence-corrected chi connectivity index (χ3v) is 4.38. The van der Waals surface area contributed by atoms with Crippen LogP contribution < -0.4 is 10.4 Å². The molecule has 26 heavy (non-hydrogen) atoms. The predicted octanol–water partition coefficient (Wildman–Crippen LogP) is 3.43. The minimum absolute atomic E-state index is 0.0380. The van der Waals surface area contributed by atoms with Crippen molar-refractivity contribution in [3.63, 3.8) is 0 Å². The number of aromatic nitrogens is 3. The molecule has 8 heteroatoms. The number of pyridine rings is 1. The summed E-state index contributed by atoms with van der Waals surface area (Å²) in [6.45, 7) is 1.87. The summed E-state index contributed by atoms with van der Waals surface area (Å²) >= 11 is 3.37. The molecule has 0 spiro atoms. The van der Waals surface area contributed by atoms with Crippen molar-refractivity contribution in [3.8, 4) is 22.6 Å². The van der Waals surface area contributed by atoms with Gasteiger partial charge in [0.05, 0.1) is 5.69 Å². The lowest BCUT2D eigenvalue weighted by molar-refractivity contribution is 0.0506. The van der Waals surface area contributed by atoms with Gasteiger partial charge in [0.15, 0.2) is 12.5 Å². The van der Waals surface area contributed by atoms with Crippen molar-refractivity contribution in [2.45, 2.75) is 6.92 Å². The Morgan fingerprint density at radius 1 is 1.27 bits per heavy atom. The Morgan fingerprint density at radius 3 is 2.65 bits per heavy atom. The Balaban J connectivity index is 2.10. The lowest BCUT2D eigenvalue weighted by Crippen LogP contribution is -2.21. The molecule has 0 N–H and O–H groups in total. The van der Waals surface area contributed by atoms with Crippen molar-refractivity contribution >= 4 is 15.9 Å². The van der Waals surface area contributed by atoms with E-state index in [0.717, 1.165) is 5.69 Å². The lowest BCUT2D eigenvalue weighted by Gasteiger charge is -2.14. The molecule has 2 aromatic heterocycles. The van der Waals surface area contributed by atoms with Gasteiger partial charge in [-0.2, -0.15) is 0 Å². The van der Waals surface area contributed by atoms with Gasteiger partial charge in [-0.3, -0.25) is 4.57 Å². The third kappa shape index (κ3) is 3.42. The van der Waals surface area contributed by atoms with Gasteiger partial charge >= 0.3 is 5.69 Å². The number of ether oxygens (including phenoxy) is 2. The molecule has 3 rings (SSSR count). The molecule has 0 radical (unpaired) electrons. The lowest BCUT2D eigenvalue weighted by atomic mass is 10.0. The second kappa shape index (κ2) is 7.43. The van der Waals surface area contributed by atoms with E-state index in [2.05, 4.69) is 20.9 Å². The first-order chi connectivity index (χ1) is 12.4. The largest absolute Gasteiger partial charge is 0.464 e. The molecule has 3 aromatic rings. The van der Waals surface area contributed by atoms with Crippen LogP contribution in [0.5, 0.6) is 5.75 Å². The van der Waals surface area contributed by atoms with Crippen molar-refractivity contribution in [1.82, 2.24) is 14.1 Å². The Labute approximate surface area is 157 Å². The fourth-order valence-corrected chi connectivity index (χ4v) is 3.22. The van der Waals surface area contributed by atoms with Gasteiger partial charge in [0.2, 0.25) is 0 Å². The number of imidazole rings is 1. The monoisotopic (exact) mass is 421 g/mol. The van der Waals surface area contributed by atoms with Crippen LogP contribution in [0.2, 0.25) is 0 Å². The summed E-state index contributed by atoms with van der Waals surface area (Å²) in [6, 6.07) is 6.48. The van der Waals surface area contributed by atoms with Crippen LogP contribution in [0.3, 0.4) is 0 Å². The molecule has 0 saturated carbocycles. The van der Waals surface area contributed by atoms with E-state index in [1.54, 1.807) is 31.4 Å². The topological polar surface area (TPSA) is 58.3 Å². The van der Waals surface area contributed by atoms with E-state index in [-0.39, 0.29) is 18.2 Å². The van der Waals surface area contributed by atoms with E-state index in [1.807, 2.05) is 6.92 Å². The number of halogens is 2. The van der Waals surface area contributed by atoms with Crippen molar-refractivity contribution < 1.29 is 13.9 Å². The van der Waals surface area contributed by atoms with Crippen LogP contribution in [0.4, 0.5) is 4.39 Å². The summed E-state index contributed by atoms with van der Waals surface area (Å²) in [4.78, 5) is 16.4. The van der Waals surface area contributed by atoms with Gasteiger partial charge in [-0.25, -0.2) is 14.2 Å². The molecule has 0 aliphatic carbocycles. The number of rotatable bonds is 5. The molecule has 6 nitrogen and oxygen atoms in total. The van der Waals surface area contributed by atoms with Crippen LogP contribution in [0.25, 0.3) is 16.8 Å². The van der Waals surface area contributed by atoms with Gasteiger partial charge in [-0.05, 0) is 46.6 Å². The number of hydrogen-bond donors (Lipinski definition) is 0. The van der Waals surface area contributed by atoms with E-state index in [9.17, 15) is 9.18 Å². The van der Waals surface area contributed by atoms with Crippen LogP contribution in [-0.4, -0.2) is 28.0 Å². The first-order valence-corrected chi connectivity index (χ1v) is 8.55. The maximum atomic E-state index is 14.7. The van der Waals surface area contributed by atoms with Crippen molar-refractivity contribution in [3.05, 3.63) is 63.3 Å². The quantitative estimate of drug-likeness (QED) is 0.467. The molecule has 0 aliphatic heterocycles. The average molecular weight is 422 g/mol. The Morgan fingerprint density at radius 2 is 2.04 bits per heavy atom. The molecule has 0 amide bonds. The zero-order valence-electron chi connectivity index (χ0n) is 14.5. The molecule has 0 unspecified atom stereocenters. The van der Waals surface area contributed by atoms with Gasteiger partial charge in [-0.1, -0.05) is 6.07 Å². The number of benzene rings is 1. The zero-order chi connectivity index (χ0) is 18.8. The summed E-state index contributed by atoms with van der Waals surface area (Å²) in [5, 5.41) is 0. The van der Waals surface area contributed by atoms with Gasteiger partial charge in [-0.15, -0.1) is 0 Å². The summed E-state index contributed by atoms with van der Waals surface area (Å²) < 4.78 is 28.4. The fraction of sp³-hybridized carbons (Fsp3) is 0.222. The second-order valence-electron chi connectivity index (χ2n) is 5.71. The highest BCUT2D eigenvalue weighted by Crippen LogP contribution is 2.37. The van der Waals surface area contributed by atoms with E-state index < -0.39 is 5.82 Å². The zero-order valence-corrected chi connectivity index (χ0v) is 16.1. The molecule has 2 heterocycles. The molecule has 0 bridgehead atoms. The summed E-state index contributed by atoms with van der Waals surface area (Å²) in [6.07, 6.45) is 3.11. The summed E-state index contributed by atoms with van der Waals surface area (Å²) in [5.74, 6) is -0.0550. The van der Waals surface area contributed by atoms with E-state index in [1.165, 1.54) is 28.5 Å². The fourth-order valence-electron chi connectivity index (χ4n) is 2.61. The smallest absolute Gasteiger partial charge is 0.332 e. The summed E-state index contributed by atoms with van der Waals surface area (Å²) in [5.41, 5.74) is 1.90. The highest BCUT2D eigenvalue weighted by Gasteiger charge is 2.16. The second-order valence-corrected chi connectivity index (χ2v) is 6.46. The van der Waals surface area contributed by atoms with Crippen molar-refractivity contribution in [2.75, 3.05) is 13.9 Å². The Hall–Kier alpha value is -2.45. The standard InChI is InChI=1S/C18H17BrFN3O3/c1-11-8-13(16(17(19)21-11)26-10-25-3)12-4-5-15(14(20)9-12)23-7-6-22(2)18(23)24/h4-9H,10H2,1-3H3. The Bertz CT molecular complexity index is 1010. The van der Waals surface area contributed by atoms with Gasteiger partial charge in [0, 0.05) is 37.8 Å². The van der Waals surface area contributed by atoms with Crippen LogP contribution >= 0.6 is 15.9 Å². The molecule has 0 atom stereocenters. The van der Waals surface area contributed by atoms with Gasteiger partial charge in [0.25, 0.3) is 0 Å². The van der Waals surface area contributed by atoms with Crippen molar-refractivity contribution in [2.24, 2.45) is 7.05 Å². The van der Waals surface area contributed by atoms with E-state index >= 15 is 0 Å². The first kappa shape index (κ1) is 18.3. The molecule has 1 aromatic carbocycles. The van der Waals surface area contributed by atoms with Crippen LogP contribution in [0.1, 0.15) is 5.69 Å². The number of aryl methyl sites for hydroxylation is 2. The molecular weight excluding hydrogens is 405 g/mol. The average Bonchev–Trinajstić information content (AvgIpc) is 2.93. The van der Waals surface area contributed by atoms with Crippen LogP contribution in [0.15, 0.2) is 46.1 Å². The highest BCUT2D eigenvalue weighted by molar-refractivity contribution is 9.10. The third-order valence-electron chi connectivity index (χ3n) is 3.85. The SMILES string of the molecule is COCOc1c(-c2ccc(-n3ccn(C)c3=O)c(F)c2)cc(C)nc1Br. The van der Waals surface area contributed by atoms with E-state index in [4.69, 9.17) is 9.47 Å².